The van der Waals surface area contributed by atoms with Crippen LogP contribution in [0.2, 0.25) is 13.1 Å². The van der Waals surface area contributed by atoms with E-state index in [0.29, 0.717) is 0 Å². The average molecular weight is 925 g/mol. The van der Waals surface area contributed by atoms with Crippen LogP contribution in [0.1, 0.15) is 0 Å². The van der Waals surface area contributed by atoms with Gasteiger partial charge in [-0.05, 0) is 121 Å². The molecule has 4 nitrogen and oxygen atoms in total. The van der Waals surface area contributed by atoms with Crippen LogP contribution >= 0.6 is 0 Å². The average Bonchev–Trinajstić information content (AvgIpc) is 4.00. The van der Waals surface area contributed by atoms with Crippen molar-refractivity contribution in [2.45, 2.75) is 13.1 Å². The Morgan fingerprint density at radius 2 is 0.775 bits per heavy atom. The molecule has 0 radical (unpaired) electrons. The van der Waals surface area contributed by atoms with E-state index < -0.39 is 8.07 Å². The van der Waals surface area contributed by atoms with Gasteiger partial charge in [0, 0.05) is 43.7 Å². The number of furan rings is 2. The van der Waals surface area contributed by atoms with Crippen LogP contribution in [0.5, 0.6) is 0 Å². The summed E-state index contributed by atoms with van der Waals surface area (Å²) in [5.74, 6) is 0. The summed E-state index contributed by atoms with van der Waals surface area (Å²) in [6.07, 6.45) is 0. The van der Waals surface area contributed by atoms with Crippen LogP contribution in [0, 0.1) is 0 Å². The van der Waals surface area contributed by atoms with Crippen molar-refractivity contribution in [3.63, 3.8) is 0 Å². The Morgan fingerprint density at radius 3 is 1.39 bits per heavy atom. The quantitative estimate of drug-likeness (QED) is 0.123. The Hall–Kier alpha value is -8.90. The Kier molecular flexibility index (Phi) is 8.48. The van der Waals surface area contributed by atoms with E-state index in [0.717, 1.165) is 78.0 Å². The molecule has 0 saturated heterocycles. The Labute approximate surface area is 410 Å². The van der Waals surface area contributed by atoms with Gasteiger partial charge in [-0.3, -0.25) is 0 Å². The van der Waals surface area contributed by atoms with Gasteiger partial charge in [0.25, 0.3) is 0 Å². The molecule has 71 heavy (non-hydrogen) atoms. The normalized spacial score (nSPS) is 13.0. The molecule has 3 heterocycles. The van der Waals surface area contributed by atoms with Crippen molar-refractivity contribution in [1.82, 2.24) is 0 Å². The summed E-state index contributed by atoms with van der Waals surface area (Å²) in [5.41, 5.74) is 12.6. The van der Waals surface area contributed by atoms with Crippen molar-refractivity contribution in [3.05, 3.63) is 231 Å². The van der Waals surface area contributed by atoms with E-state index in [4.69, 9.17) is 8.83 Å². The fourth-order valence-electron chi connectivity index (χ4n) is 12.1. The van der Waals surface area contributed by atoms with Gasteiger partial charge in [-0.1, -0.05) is 177 Å². The smallest absolute Gasteiger partial charge is 0.159 e. The maximum absolute atomic E-state index is 6.78. The fraction of sp³-hybridized carbons (Fsp3) is 0.0303. The van der Waals surface area contributed by atoms with E-state index >= 15 is 0 Å². The first kappa shape index (κ1) is 40.0. The van der Waals surface area contributed by atoms with Crippen LogP contribution in [0.15, 0.2) is 239 Å². The first-order valence-electron chi connectivity index (χ1n) is 24.5. The second-order valence-electron chi connectivity index (χ2n) is 19.6. The molecule has 0 spiro atoms. The molecule has 1 aliphatic heterocycles. The predicted molar refractivity (Wildman–Crippen MR) is 303 cm³/mol. The van der Waals surface area contributed by atoms with Crippen LogP contribution in [0.3, 0.4) is 0 Å². The monoisotopic (exact) mass is 924 g/mol. The molecule has 0 saturated carbocycles. The molecular weight excluding hydrogens is 881 g/mol. The highest BCUT2D eigenvalue weighted by Gasteiger charge is 2.37. The number of fused-ring (bicyclic) bond motifs is 12. The summed E-state index contributed by atoms with van der Waals surface area (Å²) in [6.45, 7) is 5.07. The summed E-state index contributed by atoms with van der Waals surface area (Å²) in [5, 5.41) is 17.2. The zero-order valence-corrected chi connectivity index (χ0v) is 40.2. The SMILES string of the molecule is C[Si]1(C)c2cc(N(c3cccc4ccccc34)c3cccc4c3oc3ccccc34)ccc2-c2cc3ccc(N(c4cccc5ccccc45)c4cccc5c4oc4ccccc45)cc3c3cccc1c23. The molecule has 0 amide bonds. The second-order valence-corrected chi connectivity index (χ2v) is 23.9. The van der Waals surface area contributed by atoms with Gasteiger partial charge in [-0.25, -0.2) is 0 Å². The third kappa shape index (κ3) is 5.84. The molecule has 2 aromatic heterocycles. The van der Waals surface area contributed by atoms with Crippen molar-refractivity contribution in [1.29, 1.82) is 0 Å². The van der Waals surface area contributed by atoms with Crippen LogP contribution < -0.4 is 20.2 Å². The van der Waals surface area contributed by atoms with E-state index in [9.17, 15) is 0 Å². The number of hydrogen-bond acceptors (Lipinski definition) is 4. The van der Waals surface area contributed by atoms with Crippen LogP contribution in [0.25, 0.3) is 98.1 Å². The van der Waals surface area contributed by atoms with E-state index in [-0.39, 0.29) is 0 Å². The zero-order chi connectivity index (χ0) is 47.0. The summed E-state index contributed by atoms with van der Waals surface area (Å²) < 4.78 is 13.5. The van der Waals surface area contributed by atoms with E-state index in [1.165, 1.54) is 64.6 Å². The molecule has 334 valence electrons. The molecule has 1 aliphatic rings. The van der Waals surface area contributed by atoms with Gasteiger partial charge < -0.3 is 18.6 Å². The van der Waals surface area contributed by atoms with Crippen molar-refractivity contribution < 1.29 is 8.83 Å². The standard InChI is InChI=1S/C66H44N2O2Si/c1-71(2)62-33-15-24-51-54-39-44(67(56-27-11-18-41-16-3-5-20-46(41)56)58-29-13-25-52-48-22-7-9-31-60(48)69-65(52)58)35-34-43(54)38-55(64(51)62)50-37-36-45(40-63(50)71)68(57-28-12-19-42-17-4-6-21-47(42)57)59-30-14-26-53-49-23-8-10-32-61(49)70-66(53)59/h3-40H,1-2H3. The minimum Gasteiger partial charge on any atom is -0.454 e. The lowest BCUT2D eigenvalue weighted by molar-refractivity contribution is 0.669. The Balaban J connectivity index is 0.940. The number of nitrogens with zero attached hydrogens (tertiary/aromatic N) is 2. The number of hydrogen-bond donors (Lipinski definition) is 0. The highest BCUT2D eigenvalue weighted by Crippen LogP contribution is 2.49. The van der Waals surface area contributed by atoms with E-state index in [1.54, 1.807) is 0 Å². The highest BCUT2D eigenvalue weighted by atomic mass is 28.3. The molecule has 0 atom stereocenters. The summed E-state index contributed by atoms with van der Waals surface area (Å²) in [7, 11) is -2.35. The van der Waals surface area contributed by atoms with Gasteiger partial charge in [0.1, 0.15) is 19.2 Å². The molecule has 0 fully saturated rings. The summed E-state index contributed by atoms with van der Waals surface area (Å²) in [4.78, 5) is 4.84. The minimum absolute atomic E-state index is 0.871. The Bertz CT molecular complexity index is 4530. The number of anilines is 6. The van der Waals surface area contributed by atoms with Crippen LogP contribution in [-0.2, 0) is 0 Å². The highest BCUT2D eigenvalue weighted by molar-refractivity contribution is 7.03. The van der Waals surface area contributed by atoms with Gasteiger partial charge in [0.15, 0.2) is 11.2 Å². The van der Waals surface area contributed by atoms with Crippen molar-refractivity contribution in [2.75, 3.05) is 9.80 Å². The molecular formula is C66H44N2O2Si. The maximum Gasteiger partial charge on any atom is 0.159 e. The molecule has 15 rings (SSSR count). The maximum atomic E-state index is 6.78. The van der Waals surface area contributed by atoms with Crippen molar-refractivity contribution in [2.24, 2.45) is 0 Å². The minimum atomic E-state index is -2.35. The largest absolute Gasteiger partial charge is 0.454 e. The van der Waals surface area contributed by atoms with Crippen LogP contribution in [0.4, 0.5) is 34.1 Å². The molecule has 14 aromatic rings. The Morgan fingerprint density at radius 1 is 0.310 bits per heavy atom. The van der Waals surface area contributed by atoms with Crippen LogP contribution in [-0.4, -0.2) is 8.07 Å². The second kappa shape index (κ2) is 15.0. The van der Waals surface area contributed by atoms with Gasteiger partial charge in [-0.2, -0.15) is 0 Å². The lowest BCUT2D eigenvalue weighted by Gasteiger charge is -2.36. The van der Waals surface area contributed by atoms with E-state index in [2.05, 4.69) is 247 Å². The first-order chi connectivity index (χ1) is 35.0. The van der Waals surface area contributed by atoms with Gasteiger partial charge in [-0.15, -0.1) is 0 Å². The van der Waals surface area contributed by atoms with Gasteiger partial charge >= 0.3 is 0 Å². The molecule has 5 heteroatoms. The van der Waals surface area contributed by atoms with Gasteiger partial charge in [0.2, 0.25) is 0 Å². The number of benzene rings is 12. The predicted octanol–water partition coefficient (Wildman–Crippen LogP) is 17.8. The van der Waals surface area contributed by atoms with E-state index in [1.807, 2.05) is 6.07 Å². The first-order valence-corrected chi connectivity index (χ1v) is 27.5. The summed E-state index contributed by atoms with van der Waals surface area (Å²) >= 11 is 0. The molecule has 0 aliphatic carbocycles. The zero-order valence-electron chi connectivity index (χ0n) is 39.2. The molecule has 0 unspecified atom stereocenters. The molecule has 12 aromatic carbocycles. The topological polar surface area (TPSA) is 32.8 Å². The lowest BCUT2D eigenvalue weighted by Crippen LogP contribution is -2.56. The lowest BCUT2D eigenvalue weighted by atomic mass is 9.92. The summed E-state index contributed by atoms with van der Waals surface area (Å²) in [6, 6.07) is 84.2. The van der Waals surface area contributed by atoms with Crippen molar-refractivity contribution >= 4 is 140 Å². The fourth-order valence-corrected chi connectivity index (χ4v) is 15.2. The number of rotatable bonds is 6. The van der Waals surface area contributed by atoms with Crippen molar-refractivity contribution in [3.8, 4) is 11.1 Å². The molecule has 0 N–H and O–H groups in total. The van der Waals surface area contributed by atoms with Gasteiger partial charge in [0.05, 0.1) is 22.7 Å². The number of para-hydroxylation sites is 4. The third-order valence-corrected chi connectivity index (χ3v) is 18.9. The molecule has 0 bridgehead atoms. The third-order valence-electron chi connectivity index (χ3n) is 15.4.